The van der Waals surface area contributed by atoms with Crippen molar-refractivity contribution >= 4 is 21.6 Å². The first-order valence-corrected chi connectivity index (χ1v) is 10.7. The first-order valence-electron chi connectivity index (χ1n) is 8.78. The molecular formula is C22H22ClNO3S. The summed E-state index contributed by atoms with van der Waals surface area (Å²) in [5.41, 5.74) is -0.396. The van der Waals surface area contributed by atoms with Crippen molar-refractivity contribution in [1.29, 1.82) is 0 Å². The second kappa shape index (κ2) is 8.05. The van der Waals surface area contributed by atoms with Crippen molar-refractivity contribution in [2.45, 2.75) is 10.9 Å². The Balaban J connectivity index is 2.37. The zero-order chi connectivity index (χ0) is 20.4. The van der Waals surface area contributed by atoms with Gasteiger partial charge < -0.3 is 5.11 Å². The van der Waals surface area contributed by atoms with Gasteiger partial charge in [-0.05, 0) is 28.8 Å². The van der Waals surface area contributed by atoms with E-state index in [0.717, 1.165) is 4.31 Å². The first kappa shape index (κ1) is 20.6. The molecule has 146 valence electrons. The van der Waals surface area contributed by atoms with Gasteiger partial charge in [-0.25, -0.2) is 12.7 Å². The van der Waals surface area contributed by atoms with Gasteiger partial charge in [0.05, 0.1) is 0 Å². The van der Waals surface area contributed by atoms with Gasteiger partial charge in [0.2, 0.25) is 10.0 Å². The number of halogens is 1. The molecule has 2 atom stereocenters. The van der Waals surface area contributed by atoms with Gasteiger partial charge in [0.15, 0.2) is 0 Å². The highest BCUT2D eigenvalue weighted by atomic mass is 35.5. The molecule has 3 aromatic rings. The molecule has 0 saturated heterocycles. The summed E-state index contributed by atoms with van der Waals surface area (Å²) in [5, 5.41) is 11.3. The van der Waals surface area contributed by atoms with Crippen molar-refractivity contribution in [3.8, 4) is 0 Å². The topological polar surface area (TPSA) is 57.6 Å². The first-order chi connectivity index (χ1) is 13.3. The highest BCUT2D eigenvalue weighted by Gasteiger charge is 2.49. The summed E-state index contributed by atoms with van der Waals surface area (Å²) in [5.74, 6) is 0. The third kappa shape index (κ3) is 3.71. The van der Waals surface area contributed by atoms with Crippen molar-refractivity contribution in [1.82, 2.24) is 4.31 Å². The fraction of sp³-hybridized carbons (Fsp3) is 0.182. The van der Waals surface area contributed by atoms with Gasteiger partial charge in [-0.1, -0.05) is 84.4 Å². The van der Waals surface area contributed by atoms with Crippen molar-refractivity contribution < 1.29 is 13.5 Å². The lowest BCUT2D eigenvalue weighted by molar-refractivity contribution is 0.0732. The molecule has 0 fully saturated rings. The molecular weight excluding hydrogens is 394 g/mol. The summed E-state index contributed by atoms with van der Waals surface area (Å²) in [6.45, 7) is 0. The molecule has 1 N–H and O–H groups in total. The molecule has 0 aliphatic heterocycles. The molecule has 0 aromatic heterocycles. The number of rotatable bonds is 6. The Morgan fingerprint density at radius 2 is 1.29 bits per heavy atom. The zero-order valence-electron chi connectivity index (χ0n) is 15.7. The molecule has 28 heavy (non-hydrogen) atoms. The largest absolute Gasteiger partial charge is 0.379 e. The van der Waals surface area contributed by atoms with Crippen LogP contribution in [0.1, 0.15) is 21.9 Å². The SMILES string of the molecule is CN(C)S(=O)(=O)[C@@H](c1ccccc1)[C@@](O)(c1ccccc1)c1ccc(Cl)cc1. The fourth-order valence-corrected chi connectivity index (χ4v) is 5.08. The molecule has 0 heterocycles. The third-order valence-electron chi connectivity index (χ3n) is 4.79. The van der Waals surface area contributed by atoms with E-state index in [1.54, 1.807) is 72.8 Å². The Hall–Kier alpha value is -2.18. The zero-order valence-corrected chi connectivity index (χ0v) is 17.2. The summed E-state index contributed by atoms with van der Waals surface area (Å²) >= 11 is 6.04. The quantitative estimate of drug-likeness (QED) is 0.656. The standard InChI is InChI=1S/C22H22ClNO3S/c1-24(2)28(26,27)21(17-9-5-3-6-10-17)22(25,18-11-7-4-8-12-18)19-13-15-20(23)16-14-19/h3-16,21,25H,1-2H3/t21-,22+/m0/s1. The van der Waals surface area contributed by atoms with Crippen molar-refractivity contribution in [3.05, 3.63) is 107 Å². The molecule has 0 spiro atoms. The van der Waals surface area contributed by atoms with Crippen LogP contribution in [0.15, 0.2) is 84.9 Å². The lowest BCUT2D eigenvalue weighted by Gasteiger charge is -2.38. The van der Waals surface area contributed by atoms with Crippen LogP contribution in [0.4, 0.5) is 0 Å². The molecule has 3 aromatic carbocycles. The Kier molecular flexibility index (Phi) is 5.91. The summed E-state index contributed by atoms with van der Waals surface area (Å²) < 4.78 is 28.0. The Morgan fingerprint density at radius 1 is 0.821 bits per heavy atom. The lowest BCUT2D eigenvalue weighted by atomic mass is 9.81. The van der Waals surface area contributed by atoms with E-state index in [4.69, 9.17) is 11.6 Å². The monoisotopic (exact) mass is 415 g/mol. The minimum Gasteiger partial charge on any atom is -0.379 e. The second-order valence-electron chi connectivity index (χ2n) is 6.76. The van der Waals surface area contributed by atoms with Gasteiger partial charge in [-0.3, -0.25) is 0 Å². The predicted octanol–water partition coefficient (Wildman–Crippen LogP) is 4.21. The Labute approximate surface area is 171 Å². The molecule has 0 radical (unpaired) electrons. The van der Waals surface area contributed by atoms with Crippen LogP contribution in [-0.2, 0) is 15.6 Å². The van der Waals surface area contributed by atoms with E-state index >= 15 is 0 Å². The summed E-state index contributed by atoms with van der Waals surface area (Å²) in [6.07, 6.45) is 0. The number of nitrogens with zero attached hydrogens (tertiary/aromatic N) is 1. The molecule has 3 rings (SSSR count). The molecule has 0 unspecified atom stereocenters. The Morgan fingerprint density at radius 3 is 1.79 bits per heavy atom. The number of aliphatic hydroxyl groups is 1. The van der Waals surface area contributed by atoms with E-state index in [1.165, 1.54) is 14.1 Å². The highest BCUT2D eigenvalue weighted by molar-refractivity contribution is 7.89. The van der Waals surface area contributed by atoms with Gasteiger partial charge in [0, 0.05) is 19.1 Å². The second-order valence-corrected chi connectivity index (χ2v) is 9.43. The van der Waals surface area contributed by atoms with Crippen molar-refractivity contribution in [2.75, 3.05) is 14.1 Å². The molecule has 0 amide bonds. The average molecular weight is 416 g/mol. The summed E-state index contributed by atoms with van der Waals surface area (Å²) in [4.78, 5) is 0. The van der Waals surface area contributed by atoms with Gasteiger partial charge in [0.1, 0.15) is 10.9 Å². The fourth-order valence-electron chi connectivity index (χ4n) is 3.33. The van der Waals surface area contributed by atoms with E-state index < -0.39 is 20.9 Å². The predicted molar refractivity (Wildman–Crippen MR) is 113 cm³/mol. The molecule has 0 aliphatic carbocycles. The number of benzene rings is 3. The van der Waals surface area contributed by atoms with Crippen LogP contribution >= 0.6 is 11.6 Å². The average Bonchev–Trinajstić information content (AvgIpc) is 2.69. The van der Waals surface area contributed by atoms with Gasteiger partial charge in [0.25, 0.3) is 0 Å². The summed E-state index contributed by atoms with van der Waals surface area (Å²) in [6, 6.07) is 24.2. The van der Waals surface area contributed by atoms with Crippen LogP contribution in [0.3, 0.4) is 0 Å². The minimum atomic E-state index is -3.91. The van der Waals surface area contributed by atoms with Crippen LogP contribution < -0.4 is 0 Å². The van der Waals surface area contributed by atoms with Gasteiger partial charge >= 0.3 is 0 Å². The minimum absolute atomic E-state index is 0.447. The maximum Gasteiger partial charge on any atom is 0.224 e. The van der Waals surface area contributed by atoms with E-state index in [0.29, 0.717) is 21.7 Å². The van der Waals surface area contributed by atoms with Crippen LogP contribution in [0.5, 0.6) is 0 Å². The van der Waals surface area contributed by atoms with Crippen molar-refractivity contribution in [2.24, 2.45) is 0 Å². The molecule has 0 bridgehead atoms. The normalized spacial score (nSPS) is 15.2. The number of sulfonamides is 1. The third-order valence-corrected chi connectivity index (χ3v) is 7.27. The highest BCUT2D eigenvalue weighted by Crippen LogP contribution is 2.46. The van der Waals surface area contributed by atoms with Crippen LogP contribution in [0, 0.1) is 0 Å². The van der Waals surface area contributed by atoms with E-state index in [-0.39, 0.29) is 0 Å². The molecule has 6 heteroatoms. The van der Waals surface area contributed by atoms with E-state index in [9.17, 15) is 13.5 Å². The van der Waals surface area contributed by atoms with Gasteiger partial charge in [-0.15, -0.1) is 0 Å². The maximum absolute atomic E-state index is 13.4. The number of hydrogen-bond acceptors (Lipinski definition) is 3. The van der Waals surface area contributed by atoms with Crippen molar-refractivity contribution in [3.63, 3.8) is 0 Å². The van der Waals surface area contributed by atoms with Crippen LogP contribution in [0.2, 0.25) is 5.02 Å². The van der Waals surface area contributed by atoms with Crippen LogP contribution in [-0.4, -0.2) is 31.9 Å². The Bertz CT molecular complexity index is 1020. The number of hydrogen-bond donors (Lipinski definition) is 1. The molecule has 4 nitrogen and oxygen atoms in total. The van der Waals surface area contributed by atoms with Gasteiger partial charge in [-0.2, -0.15) is 0 Å². The molecule has 0 saturated carbocycles. The smallest absolute Gasteiger partial charge is 0.224 e. The molecule has 0 aliphatic rings. The van der Waals surface area contributed by atoms with E-state index in [2.05, 4.69) is 0 Å². The van der Waals surface area contributed by atoms with Crippen LogP contribution in [0.25, 0.3) is 0 Å². The maximum atomic E-state index is 13.4. The summed E-state index contributed by atoms with van der Waals surface area (Å²) in [7, 11) is -0.964. The lowest BCUT2D eigenvalue weighted by Crippen LogP contribution is -2.43. The van der Waals surface area contributed by atoms with E-state index in [1.807, 2.05) is 12.1 Å².